The lowest BCUT2D eigenvalue weighted by Crippen LogP contribution is -2.55. The summed E-state index contributed by atoms with van der Waals surface area (Å²) in [6.07, 6.45) is -4.80. The molecule has 0 aliphatic rings. The van der Waals surface area contributed by atoms with Gasteiger partial charge in [-0.3, -0.25) is 9.80 Å². The van der Waals surface area contributed by atoms with Crippen LogP contribution in [0.4, 0.5) is 23.7 Å². The zero-order valence-corrected chi connectivity index (χ0v) is 18.3. The van der Waals surface area contributed by atoms with E-state index in [1.807, 2.05) is 44.2 Å². The first-order valence-corrected chi connectivity index (χ1v) is 9.92. The topological polar surface area (TPSA) is 73.9 Å². The van der Waals surface area contributed by atoms with Crippen molar-refractivity contribution in [2.24, 2.45) is 5.92 Å². The van der Waals surface area contributed by atoms with Crippen molar-refractivity contribution < 1.29 is 27.5 Å². The normalized spacial score (nSPS) is 12.4. The summed E-state index contributed by atoms with van der Waals surface area (Å²) < 4.78 is 40.6. The van der Waals surface area contributed by atoms with E-state index in [9.17, 15) is 22.8 Å². The molecule has 1 atom stereocenters. The smallest absolute Gasteiger partial charge is 0.406 e. The van der Waals surface area contributed by atoms with Crippen LogP contribution >= 0.6 is 0 Å². The van der Waals surface area contributed by atoms with E-state index in [0.29, 0.717) is 6.54 Å². The third-order valence-corrected chi connectivity index (χ3v) is 4.48. The maximum atomic E-state index is 13.2. The minimum atomic E-state index is -4.80. The Morgan fingerprint density at radius 1 is 1.00 bits per heavy atom. The zero-order valence-electron chi connectivity index (χ0n) is 18.3. The fourth-order valence-electron chi connectivity index (χ4n) is 2.90. The number of amides is 3. The average Bonchev–Trinajstić information content (AvgIpc) is 2.70. The Bertz CT molecular complexity index is 888. The molecule has 0 spiro atoms. The number of hydrazine groups is 1. The Morgan fingerprint density at radius 3 is 2.09 bits per heavy atom. The first-order chi connectivity index (χ1) is 15.0. The number of hydrogen-bond donors (Lipinski definition) is 2. The molecule has 0 unspecified atom stereocenters. The maximum absolute atomic E-state index is 13.2. The van der Waals surface area contributed by atoms with Gasteiger partial charge in [0.05, 0.1) is 6.54 Å². The van der Waals surface area contributed by atoms with Crippen LogP contribution in [0, 0.1) is 5.92 Å². The van der Waals surface area contributed by atoms with E-state index in [-0.39, 0.29) is 17.5 Å². The van der Waals surface area contributed by atoms with Gasteiger partial charge in [-0.15, -0.1) is 13.2 Å². The second kappa shape index (κ2) is 10.9. The third kappa shape index (κ3) is 7.77. The molecule has 32 heavy (non-hydrogen) atoms. The van der Waals surface area contributed by atoms with Crippen LogP contribution in [0.1, 0.15) is 19.4 Å². The number of alkyl halides is 3. The quantitative estimate of drug-likeness (QED) is 0.588. The van der Waals surface area contributed by atoms with Crippen molar-refractivity contribution >= 4 is 17.6 Å². The Morgan fingerprint density at radius 2 is 1.59 bits per heavy atom. The number of anilines is 1. The van der Waals surface area contributed by atoms with Gasteiger partial charge in [-0.25, -0.2) is 9.80 Å². The van der Waals surface area contributed by atoms with Gasteiger partial charge in [0.2, 0.25) is 0 Å². The number of hydrogen-bond acceptors (Lipinski definition) is 4. The molecule has 2 aromatic carbocycles. The highest BCUT2D eigenvalue weighted by molar-refractivity contribution is 5.93. The number of urea groups is 1. The van der Waals surface area contributed by atoms with Crippen LogP contribution in [0.15, 0.2) is 54.6 Å². The van der Waals surface area contributed by atoms with E-state index in [0.717, 1.165) is 17.7 Å². The summed E-state index contributed by atoms with van der Waals surface area (Å²) in [5.74, 6) is -0.909. The minimum Gasteiger partial charge on any atom is -0.406 e. The molecule has 0 saturated carbocycles. The van der Waals surface area contributed by atoms with Crippen LogP contribution in [0.3, 0.4) is 0 Å². The molecule has 0 aliphatic carbocycles. The number of rotatable bonds is 8. The Labute approximate surface area is 185 Å². The number of carbonyl (C=O) groups is 2. The minimum absolute atomic E-state index is 0.214. The van der Waals surface area contributed by atoms with Crippen molar-refractivity contribution in [3.8, 4) is 5.75 Å². The molecule has 174 valence electrons. The molecule has 0 aliphatic heterocycles. The standard InChI is InChI=1S/C22H27F3N4O3/c1-15(2)19(20(30)29(28(3)4)14-16-8-6-5-7-9-16)27-21(31)26-17-10-12-18(13-11-17)32-22(23,24)25/h5-13,15,19H,14H2,1-4H3,(H2,26,27,31)/t19-/m0/s1. The molecule has 0 heterocycles. The van der Waals surface area contributed by atoms with E-state index in [1.54, 1.807) is 19.1 Å². The maximum Gasteiger partial charge on any atom is 0.573 e. The van der Waals surface area contributed by atoms with Gasteiger partial charge in [0.15, 0.2) is 0 Å². The fraction of sp³-hybridized carbons (Fsp3) is 0.364. The van der Waals surface area contributed by atoms with Gasteiger partial charge in [0, 0.05) is 19.8 Å². The molecule has 0 bridgehead atoms. The van der Waals surface area contributed by atoms with Crippen LogP contribution < -0.4 is 15.4 Å². The van der Waals surface area contributed by atoms with Gasteiger partial charge in [-0.2, -0.15) is 0 Å². The molecule has 0 saturated heterocycles. The van der Waals surface area contributed by atoms with Crippen LogP contribution in [-0.4, -0.2) is 48.5 Å². The summed E-state index contributed by atoms with van der Waals surface area (Å²) in [6.45, 7) is 3.95. The lowest BCUT2D eigenvalue weighted by molar-refractivity contribution is -0.274. The summed E-state index contributed by atoms with van der Waals surface area (Å²) in [5.41, 5.74) is 1.18. The van der Waals surface area contributed by atoms with Crippen LogP contribution in [-0.2, 0) is 11.3 Å². The van der Waals surface area contributed by atoms with E-state index < -0.39 is 24.2 Å². The number of nitrogens with one attached hydrogen (secondary N) is 2. The molecule has 7 nitrogen and oxygen atoms in total. The molecule has 0 radical (unpaired) electrons. The Kier molecular flexibility index (Phi) is 8.48. The van der Waals surface area contributed by atoms with Crippen molar-refractivity contribution in [1.82, 2.24) is 15.3 Å². The summed E-state index contributed by atoms with van der Waals surface area (Å²) >= 11 is 0. The van der Waals surface area contributed by atoms with Crippen LogP contribution in [0.5, 0.6) is 5.75 Å². The Hall–Kier alpha value is -3.27. The van der Waals surface area contributed by atoms with E-state index >= 15 is 0 Å². The first kappa shape index (κ1) is 25.0. The van der Waals surface area contributed by atoms with Crippen molar-refractivity contribution in [2.45, 2.75) is 32.8 Å². The van der Waals surface area contributed by atoms with Crippen molar-refractivity contribution in [2.75, 3.05) is 19.4 Å². The molecule has 3 amide bonds. The molecule has 2 N–H and O–H groups in total. The molecule has 0 fully saturated rings. The highest BCUT2D eigenvalue weighted by Gasteiger charge is 2.31. The zero-order chi connectivity index (χ0) is 23.9. The predicted molar refractivity (Wildman–Crippen MR) is 115 cm³/mol. The highest BCUT2D eigenvalue weighted by atomic mass is 19.4. The van der Waals surface area contributed by atoms with Gasteiger partial charge in [0.1, 0.15) is 11.8 Å². The van der Waals surface area contributed by atoms with Crippen molar-refractivity contribution in [3.63, 3.8) is 0 Å². The highest BCUT2D eigenvalue weighted by Crippen LogP contribution is 2.24. The summed E-state index contributed by atoms with van der Waals surface area (Å²) in [6, 6.07) is 12.7. The molecular weight excluding hydrogens is 425 g/mol. The SMILES string of the molecule is CC(C)[C@H](NC(=O)Nc1ccc(OC(F)(F)F)cc1)C(=O)N(Cc1ccccc1)N(C)C. The molecule has 10 heteroatoms. The molecule has 2 aromatic rings. The van der Waals surface area contributed by atoms with E-state index in [2.05, 4.69) is 15.4 Å². The van der Waals surface area contributed by atoms with Crippen LogP contribution in [0.2, 0.25) is 0 Å². The second-order valence-electron chi connectivity index (χ2n) is 7.62. The average molecular weight is 452 g/mol. The number of ether oxygens (including phenoxy) is 1. The Balaban J connectivity index is 2.06. The summed E-state index contributed by atoms with van der Waals surface area (Å²) in [5, 5.41) is 8.37. The lowest BCUT2D eigenvalue weighted by Gasteiger charge is -2.34. The van der Waals surface area contributed by atoms with Crippen LogP contribution in [0.25, 0.3) is 0 Å². The number of benzene rings is 2. The van der Waals surface area contributed by atoms with Gasteiger partial charge < -0.3 is 15.4 Å². The molecular formula is C22H27F3N4O3. The van der Waals surface area contributed by atoms with Gasteiger partial charge in [0.25, 0.3) is 5.91 Å². The molecule has 2 rings (SSSR count). The van der Waals surface area contributed by atoms with Gasteiger partial charge in [-0.1, -0.05) is 44.2 Å². The summed E-state index contributed by atoms with van der Waals surface area (Å²) in [7, 11) is 3.48. The van der Waals surface area contributed by atoms with E-state index in [4.69, 9.17) is 0 Å². The van der Waals surface area contributed by atoms with Gasteiger partial charge in [-0.05, 0) is 35.7 Å². The third-order valence-electron chi connectivity index (χ3n) is 4.48. The predicted octanol–water partition coefficient (Wildman–Crippen LogP) is 4.24. The van der Waals surface area contributed by atoms with E-state index in [1.165, 1.54) is 17.1 Å². The van der Waals surface area contributed by atoms with Gasteiger partial charge >= 0.3 is 12.4 Å². The van der Waals surface area contributed by atoms with Crippen molar-refractivity contribution in [3.05, 3.63) is 60.2 Å². The number of halogens is 3. The largest absolute Gasteiger partial charge is 0.573 e. The number of nitrogens with zero attached hydrogens (tertiary/aromatic N) is 2. The lowest BCUT2D eigenvalue weighted by atomic mass is 10.0. The van der Waals surface area contributed by atoms with Crippen molar-refractivity contribution in [1.29, 1.82) is 0 Å². The second-order valence-corrected chi connectivity index (χ2v) is 7.62. The molecule has 0 aromatic heterocycles. The fourth-order valence-corrected chi connectivity index (χ4v) is 2.90. The monoisotopic (exact) mass is 452 g/mol. The first-order valence-electron chi connectivity index (χ1n) is 9.92. The number of carbonyl (C=O) groups excluding carboxylic acids is 2. The summed E-state index contributed by atoms with van der Waals surface area (Å²) in [4.78, 5) is 25.7.